The van der Waals surface area contributed by atoms with E-state index in [-0.39, 0.29) is 16.4 Å². The van der Waals surface area contributed by atoms with Gasteiger partial charge in [-0.3, -0.25) is 4.79 Å². The number of carbonyl (C=O) groups excluding carboxylic acids is 2. The van der Waals surface area contributed by atoms with E-state index in [4.69, 9.17) is 4.74 Å². The fourth-order valence-electron chi connectivity index (χ4n) is 4.30. The molecule has 1 saturated heterocycles. The van der Waals surface area contributed by atoms with Gasteiger partial charge in [-0.25, -0.2) is 13.2 Å². The summed E-state index contributed by atoms with van der Waals surface area (Å²) < 4.78 is 33.0. The van der Waals surface area contributed by atoms with Crippen LogP contribution in [0, 0.1) is 6.92 Å². The first-order chi connectivity index (χ1) is 15.3. The van der Waals surface area contributed by atoms with E-state index in [1.54, 1.807) is 24.8 Å². The van der Waals surface area contributed by atoms with Gasteiger partial charge in [-0.15, -0.1) is 0 Å². The number of hydrogen-bond acceptors (Lipinski definition) is 5. The Kier molecular flexibility index (Phi) is 6.35. The largest absolute Gasteiger partial charge is 0.449 e. The van der Waals surface area contributed by atoms with E-state index in [9.17, 15) is 18.0 Å². The molecule has 2 aliphatic heterocycles. The van der Waals surface area contributed by atoms with Crippen molar-refractivity contribution in [2.24, 2.45) is 0 Å². The second-order valence-electron chi connectivity index (χ2n) is 8.36. The van der Waals surface area contributed by atoms with Gasteiger partial charge in [0.05, 0.1) is 10.5 Å². The Morgan fingerprint density at radius 1 is 1.00 bits per heavy atom. The Morgan fingerprint density at radius 3 is 2.47 bits per heavy atom. The molecule has 4 rings (SSSR count). The van der Waals surface area contributed by atoms with Crippen molar-refractivity contribution in [3.63, 3.8) is 0 Å². The molecule has 1 unspecified atom stereocenters. The lowest BCUT2D eigenvalue weighted by Crippen LogP contribution is -2.39. The number of para-hydroxylation sites is 1. The predicted octanol–water partition coefficient (Wildman–Crippen LogP) is 3.30. The van der Waals surface area contributed by atoms with Gasteiger partial charge in [-0.05, 0) is 62.4 Å². The molecule has 2 aliphatic rings. The Morgan fingerprint density at radius 2 is 1.72 bits per heavy atom. The molecule has 2 aromatic carbocycles. The molecule has 2 heterocycles. The van der Waals surface area contributed by atoms with Crippen LogP contribution in [0.2, 0.25) is 0 Å². The molecule has 170 valence electrons. The maximum absolute atomic E-state index is 13.0. The Labute approximate surface area is 189 Å². The highest BCUT2D eigenvalue weighted by Gasteiger charge is 2.31. The Bertz CT molecular complexity index is 1140. The molecular weight excluding hydrogens is 428 g/mol. The van der Waals surface area contributed by atoms with E-state index in [0.717, 1.165) is 36.9 Å². The van der Waals surface area contributed by atoms with Crippen molar-refractivity contribution < 1.29 is 22.7 Å². The topological polar surface area (TPSA) is 84.0 Å². The highest BCUT2D eigenvalue weighted by molar-refractivity contribution is 7.89. The van der Waals surface area contributed by atoms with Gasteiger partial charge in [0.1, 0.15) is 0 Å². The monoisotopic (exact) mass is 456 g/mol. The van der Waals surface area contributed by atoms with Gasteiger partial charge in [-0.2, -0.15) is 4.31 Å². The number of sulfonamides is 1. The predicted molar refractivity (Wildman–Crippen MR) is 121 cm³/mol. The second kappa shape index (κ2) is 9.03. The van der Waals surface area contributed by atoms with Gasteiger partial charge in [0, 0.05) is 25.3 Å². The number of rotatable bonds is 5. The fourth-order valence-corrected chi connectivity index (χ4v) is 5.84. The highest BCUT2D eigenvalue weighted by Crippen LogP contribution is 2.29. The molecule has 0 aromatic heterocycles. The highest BCUT2D eigenvalue weighted by atomic mass is 32.2. The van der Waals surface area contributed by atoms with Crippen LogP contribution in [0.5, 0.6) is 0 Å². The van der Waals surface area contributed by atoms with E-state index < -0.39 is 22.1 Å². The molecule has 0 saturated carbocycles. The summed E-state index contributed by atoms with van der Waals surface area (Å²) >= 11 is 0. The van der Waals surface area contributed by atoms with Crippen LogP contribution in [-0.4, -0.2) is 50.3 Å². The van der Waals surface area contributed by atoms with Crippen LogP contribution < -0.4 is 4.90 Å². The fraction of sp³-hybridized carbons (Fsp3) is 0.417. The molecule has 0 radical (unpaired) electrons. The summed E-state index contributed by atoms with van der Waals surface area (Å²) in [6.07, 6.45) is 2.46. The summed E-state index contributed by atoms with van der Waals surface area (Å²) in [5.41, 5.74) is 2.68. The van der Waals surface area contributed by atoms with Gasteiger partial charge in [0.2, 0.25) is 10.0 Å². The Hall–Kier alpha value is -2.71. The van der Waals surface area contributed by atoms with Gasteiger partial charge >= 0.3 is 5.97 Å². The summed E-state index contributed by atoms with van der Waals surface area (Å²) in [5, 5.41) is 0. The van der Waals surface area contributed by atoms with E-state index in [1.807, 2.05) is 24.3 Å². The number of hydrogen-bond donors (Lipinski definition) is 0. The van der Waals surface area contributed by atoms with Crippen molar-refractivity contribution in [1.29, 1.82) is 0 Å². The van der Waals surface area contributed by atoms with Gasteiger partial charge in [-0.1, -0.05) is 30.7 Å². The molecule has 0 bridgehead atoms. The van der Waals surface area contributed by atoms with Crippen LogP contribution in [0.4, 0.5) is 5.69 Å². The first kappa shape index (κ1) is 22.5. The van der Waals surface area contributed by atoms with Crippen LogP contribution in [-0.2, 0) is 26.0 Å². The first-order valence-electron chi connectivity index (χ1n) is 11.0. The molecule has 0 N–H and O–H groups in total. The zero-order chi connectivity index (χ0) is 22.9. The third kappa shape index (κ3) is 4.29. The first-order valence-corrected chi connectivity index (χ1v) is 12.4. The van der Waals surface area contributed by atoms with Crippen molar-refractivity contribution in [3.8, 4) is 0 Å². The smallest absolute Gasteiger partial charge is 0.339 e. The lowest BCUT2D eigenvalue weighted by atomic mass is 10.1. The van der Waals surface area contributed by atoms with Crippen molar-refractivity contribution in [3.05, 3.63) is 59.2 Å². The zero-order valence-electron chi connectivity index (χ0n) is 18.4. The third-order valence-corrected chi connectivity index (χ3v) is 8.06. The van der Waals surface area contributed by atoms with Crippen molar-refractivity contribution in [2.45, 2.75) is 50.5 Å². The number of ether oxygens (including phenoxy) is 1. The third-order valence-electron chi connectivity index (χ3n) is 6.17. The number of fused-ring (bicyclic) bond motifs is 1. The van der Waals surface area contributed by atoms with E-state index >= 15 is 0 Å². The zero-order valence-corrected chi connectivity index (χ0v) is 19.2. The van der Waals surface area contributed by atoms with Gasteiger partial charge < -0.3 is 9.64 Å². The maximum atomic E-state index is 13.0. The molecule has 7 nitrogen and oxygen atoms in total. The summed E-state index contributed by atoms with van der Waals surface area (Å²) in [6.45, 7) is 4.78. The number of aryl methyl sites for hydroxylation is 1. The SMILES string of the molecule is Cc1ccc(S(=O)(=O)N2CCCCC2)cc1C(=O)OC(C)C(=O)N1CCc2ccccc21. The van der Waals surface area contributed by atoms with Crippen LogP contribution in [0.25, 0.3) is 0 Å². The number of nitrogens with zero attached hydrogens (tertiary/aromatic N) is 2. The second-order valence-corrected chi connectivity index (χ2v) is 10.3. The Balaban J connectivity index is 1.51. The lowest BCUT2D eigenvalue weighted by Gasteiger charge is -2.26. The summed E-state index contributed by atoms with van der Waals surface area (Å²) in [5.74, 6) is -0.996. The van der Waals surface area contributed by atoms with Crippen molar-refractivity contribution in [1.82, 2.24) is 4.31 Å². The quantitative estimate of drug-likeness (QED) is 0.645. The number of anilines is 1. The summed E-state index contributed by atoms with van der Waals surface area (Å²) in [6, 6.07) is 12.2. The number of carbonyl (C=O) groups is 2. The molecule has 2 aromatic rings. The average Bonchev–Trinajstić information content (AvgIpc) is 3.23. The maximum Gasteiger partial charge on any atom is 0.339 e. The standard InChI is InChI=1S/C24H28N2O5S/c1-17-10-11-20(32(29,30)25-13-6-3-7-14-25)16-21(17)24(28)31-18(2)23(27)26-15-12-19-8-4-5-9-22(19)26/h4-5,8-11,16,18H,3,6-7,12-15H2,1-2H3. The normalized spacial score (nSPS) is 17.6. The average molecular weight is 457 g/mol. The molecule has 0 aliphatic carbocycles. The number of amides is 1. The van der Waals surface area contributed by atoms with Gasteiger partial charge in [0.25, 0.3) is 5.91 Å². The number of esters is 1. The minimum Gasteiger partial charge on any atom is -0.449 e. The van der Waals surface area contributed by atoms with Crippen LogP contribution in [0.3, 0.4) is 0 Å². The van der Waals surface area contributed by atoms with E-state index in [2.05, 4.69) is 0 Å². The van der Waals surface area contributed by atoms with Crippen LogP contribution in [0.1, 0.15) is 47.7 Å². The van der Waals surface area contributed by atoms with Crippen LogP contribution >= 0.6 is 0 Å². The molecule has 1 atom stereocenters. The summed E-state index contributed by atoms with van der Waals surface area (Å²) in [7, 11) is -3.68. The van der Waals surface area contributed by atoms with E-state index in [0.29, 0.717) is 25.2 Å². The number of piperidine rings is 1. The molecular formula is C24H28N2O5S. The molecule has 1 amide bonds. The minimum atomic E-state index is -3.68. The van der Waals surface area contributed by atoms with E-state index in [1.165, 1.54) is 16.4 Å². The number of benzene rings is 2. The molecule has 8 heteroatoms. The van der Waals surface area contributed by atoms with Crippen molar-refractivity contribution >= 4 is 27.6 Å². The lowest BCUT2D eigenvalue weighted by molar-refractivity contribution is -0.126. The molecule has 1 fully saturated rings. The van der Waals surface area contributed by atoms with Crippen molar-refractivity contribution in [2.75, 3.05) is 24.5 Å². The minimum absolute atomic E-state index is 0.0735. The molecule has 0 spiro atoms. The van der Waals surface area contributed by atoms with Gasteiger partial charge in [0.15, 0.2) is 6.10 Å². The van der Waals surface area contributed by atoms with Crippen LogP contribution in [0.15, 0.2) is 47.4 Å². The summed E-state index contributed by atoms with van der Waals surface area (Å²) in [4.78, 5) is 27.5. The molecule has 32 heavy (non-hydrogen) atoms.